The van der Waals surface area contributed by atoms with Crippen molar-refractivity contribution in [3.63, 3.8) is 0 Å². The average Bonchev–Trinajstić information content (AvgIpc) is 3.44. The van der Waals surface area contributed by atoms with Crippen molar-refractivity contribution >= 4 is 45.1 Å². The van der Waals surface area contributed by atoms with Crippen molar-refractivity contribution in [2.75, 3.05) is 23.3 Å². The predicted octanol–water partition coefficient (Wildman–Crippen LogP) is 3.53. The summed E-state index contributed by atoms with van der Waals surface area (Å²) in [7, 11) is 0. The van der Waals surface area contributed by atoms with Crippen LogP contribution in [-0.2, 0) is 0 Å². The number of rotatable bonds is 9. The number of unbranched alkanes of at least 4 members (excludes halogenated alkanes) is 2. The molecular weight excluding hydrogens is 418 g/mol. The highest BCUT2D eigenvalue weighted by Crippen LogP contribution is 2.28. The van der Waals surface area contributed by atoms with Gasteiger partial charge < -0.3 is 25.9 Å². The third-order valence-electron chi connectivity index (χ3n) is 5.51. The zero-order valence-electron chi connectivity index (χ0n) is 18.0. The van der Waals surface area contributed by atoms with E-state index in [2.05, 4.69) is 47.5 Å². The summed E-state index contributed by atoms with van der Waals surface area (Å²) < 4.78 is 0. The van der Waals surface area contributed by atoms with Gasteiger partial charge >= 0.3 is 5.69 Å². The van der Waals surface area contributed by atoms with E-state index in [1.54, 1.807) is 6.20 Å². The molecule has 0 spiro atoms. The highest BCUT2D eigenvalue weighted by molar-refractivity contribution is 5.83. The zero-order chi connectivity index (χ0) is 22.6. The first kappa shape index (κ1) is 20.7. The highest BCUT2D eigenvalue weighted by Gasteiger charge is 2.13. The van der Waals surface area contributed by atoms with Crippen molar-refractivity contribution in [2.24, 2.45) is 5.73 Å². The molecule has 0 amide bonds. The molecule has 0 fully saturated rings. The minimum atomic E-state index is -0.236. The molecular formula is C23H25N9O. The molecule has 2 aromatic carbocycles. The lowest BCUT2D eigenvalue weighted by atomic mass is 10.2. The monoisotopic (exact) mass is 443 g/mol. The number of anilines is 4. The molecule has 0 aliphatic carbocycles. The van der Waals surface area contributed by atoms with Gasteiger partial charge in [0.05, 0.1) is 22.7 Å². The van der Waals surface area contributed by atoms with E-state index in [9.17, 15) is 4.79 Å². The molecule has 0 unspecified atom stereocenters. The smallest absolute Gasteiger partial charge is 0.323 e. The fraction of sp³-hybridized carbons (Fsp3) is 0.217. The summed E-state index contributed by atoms with van der Waals surface area (Å²) in [5.74, 6) is 1.26. The fourth-order valence-electron chi connectivity index (χ4n) is 3.86. The molecule has 0 radical (unpaired) electrons. The average molecular weight is 444 g/mol. The van der Waals surface area contributed by atoms with Gasteiger partial charge in [0.15, 0.2) is 0 Å². The van der Waals surface area contributed by atoms with E-state index in [0.717, 1.165) is 64.9 Å². The van der Waals surface area contributed by atoms with Crippen molar-refractivity contribution in [3.8, 4) is 0 Å². The second kappa shape index (κ2) is 9.13. The number of benzene rings is 2. The van der Waals surface area contributed by atoms with Gasteiger partial charge in [-0.05, 0) is 61.9 Å². The first-order valence-corrected chi connectivity index (χ1v) is 10.9. The molecule has 3 aromatic heterocycles. The van der Waals surface area contributed by atoms with Gasteiger partial charge in [-0.1, -0.05) is 6.42 Å². The molecule has 10 nitrogen and oxygen atoms in total. The number of hydrogen-bond acceptors (Lipinski definition) is 7. The summed E-state index contributed by atoms with van der Waals surface area (Å²) in [6.45, 7) is 1.50. The first-order chi connectivity index (χ1) is 16.2. The molecule has 0 saturated carbocycles. The third-order valence-corrected chi connectivity index (χ3v) is 5.51. The number of aromatic nitrogens is 6. The van der Waals surface area contributed by atoms with Gasteiger partial charge in [0.1, 0.15) is 5.82 Å². The Morgan fingerprint density at radius 3 is 2.76 bits per heavy atom. The Hall–Kier alpha value is -4.18. The van der Waals surface area contributed by atoms with Crippen molar-refractivity contribution in [2.45, 2.75) is 19.3 Å². The van der Waals surface area contributed by atoms with Crippen LogP contribution in [0.25, 0.3) is 21.9 Å². The third kappa shape index (κ3) is 4.55. The van der Waals surface area contributed by atoms with Crippen LogP contribution in [0.2, 0.25) is 0 Å². The molecule has 5 rings (SSSR count). The Kier molecular flexibility index (Phi) is 5.73. The van der Waals surface area contributed by atoms with E-state index in [1.807, 2.05) is 36.5 Å². The summed E-state index contributed by atoms with van der Waals surface area (Å²) in [5, 5.41) is 11.4. The van der Waals surface area contributed by atoms with Crippen LogP contribution in [0.1, 0.15) is 19.3 Å². The standard InChI is InChI=1S/C23H25N9O/c24-9-2-1-3-11-32(17-5-7-18-15(12-17)14-26-31-18)21-8-10-25-22(30-21)27-16-4-6-19-20(13-16)29-23(33)28-19/h4-8,10,12-14H,1-3,9,11,24H2,(H,26,31)(H,25,27,30)(H2,28,29,33). The maximum Gasteiger partial charge on any atom is 0.323 e. The van der Waals surface area contributed by atoms with Gasteiger partial charge in [0.2, 0.25) is 5.95 Å². The lowest BCUT2D eigenvalue weighted by molar-refractivity contribution is 0.685. The molecule has 10 heteroatoms. The van der Waals surface area contributed by atoms with Gasteiger partial charge in [-0.15, -0.1) is 0 Å². The summed E-state index contributed by atoms with van der Waals surface area (Å²) >= 11 is 0. The number of nitrogens with one attached hydrogen (secondary N) is 4. The van der Waals surface area contributed by atoms with Crippen LogP contribution in [-0.4, -0.2) is 43.2 Å². The molecule has 168 valence electrons. The van der Waals surface area contributed by atoms with Crippen molar-refractivity contribution in [1.82, 2.24) is 30.1 Å². The molecule has 33 heavy (non-hydrogen) atoms. The topological polar surface area (TPSA) is 144 Å². The van der Waals surface area contributed by atoms with Crippen LogP contribution in [0.4, 0.5) is 23.1 Å². The molecule has 0 saturated heterocycles. The minimum Gasteiger partial charge on any atom is -0.330 e. The van der Waals surface area contributed by atoms with Crippen molar-refractivity contribution in [1.29, 1.82) is 0 Å². The number of fused-ring (bicyclic) bond motifs is 2. The van der Waals surface area contributed by atoms with Gasteiger partial charge in [0, 0.05) is 29.5 Å². The van der Waals surface area contributed by atoms with Crippen LogP contribution in [0, 0.1) is 0 Å². The number of nitrogens with two attached hydrogens (primary N) is 1. The molecule has 0 bridgehead atoms. The molecule has 0 atom stereocenters. The van der Waals surface area contributed by atoms with Crippen LogP contribution in [0.15, 0.2) is 59.7 Å². The van der Waals surface area contributed by atoms with Crippen molar-refractivity contribution in [3.05, 3.63) is 65.3 Å². The second-order valence-corrected chi connectivity index (χ2v) is 7.85. The summed E-state index contributed by atoms with van der Waals surface area (Å²) in [6.07, 6.45) is 6.59. The predicted molar refractivity (Wildman–Crippen MR) is 130 cm³/mol. The molecule has 0 aliphatic rings. The van der Waals surface area contributed by atoms with Gasteiger partial charge in [0.25, 0.3) is 0 Å². The number of hydrogen-bond donors (Lipinski definition) is 5. The number of imidazole rings is 1. The largest absolute Gasteiger partial charge is 0.330 e. The SMILES string of the molecule is NCCCCCN(c1ccc2[nH]ncc2c1)c1ccnc(Nc2ccc3[nH]c(=O)[nH]c3c2)n1. The van der Waals surface area contributed by atoms with E-state index in [-0.39, 0.29) is 5.69 Å². The van der Waals surface area contributed by atoms with E-state index >= 15 is 0 Å². The normalized spacial score (nSPS) is 11.3. The van der Waals surface area contributed by atoms with E-state index < -0.39 is 0 Å². The van der Waals surface area contributed by atoms with Crippen LogP contribution < -0.4 is 21.6 Å². The van der Waals surface area contributed by atoms with Crippen LogP contribution in [0.5, 0.6) is 0 Å². The van der Waals surface area contributed by atoms with Crippen LogP contribution in [0.3, 0.4) is 0 Å². The highest BCUT2D eigenvalue weighted by atomic mass is 16.1. The Morgan fingerprint density at radius 1 is 0.970 bits per heavy atom. The summed E-state index contributed by atoms with van der Waals surface area (Å²) in [6, 6.07) is 13.7. The minimum absolute atomic E-state index is 0.236. The maximum atomic E-state index is 11.5. The fourth-order valence-corrected chi connectivity index (χ4v) is 3.86. The van der Waals surface area contributed by atoms with Gasteiger partial charge in [-0.3, -0.25) is 5.10 Å². The summed E-state index contributed by atoms with van der Waals surface area (Å²) in [4.78, 5) is 28.4. The van der Waals surface area contributed by atoms with Crippen molar-refractivity contribution < 1.29 is 0 Å². The molecule has 3 heterocycles. The molecule has 0 aliphatic heterocycles. The number of H-pyrrole nitrogens is 3. The van der Waals surface area contributed by atoms with Gasteiger partial charge in [-0.25, -0.2) is 9.78 Å². The Morgan fingerprint density at radius 2 is 1.85 bits per heavy atom. The van der Waals surface area contributed by atoms with E-state index in [1.165, 1.54) is 0 Å². The Labute approximate surface area is 189 Å². The Bertz CT molecular complexity index is 1430. The zero-order valence-corrected chi connectivity index (χ0v) is 18.0. The van der Waals surface area contributed by atoms with Gasteiger partial charge in [-0.2, -0.15) is 10.1 Å². The second-order valence-electron chi connectivity index (χ2n) is 7.85. The van der Waals surface area contributed by atoms with E-state index in [0.29, 0.717) is 12.5 Å². The molecule has 6 N–H and O–H groups in total. The molecule has 5 aromatic rings. The van der Waals surface area contributed by atoms with E-state index in [4.69, 9.17) is 10.7 Å². The van der Waals surface area contributed by atoms with Crippen LogP contribution >= 0.6 is 0 Å². The number of aromatic amines is 3. The lowest BCUT2D eigenvalue weighted by Crippen LogP contribution is -2.20. The quantitative estimate of drug-likeness (QED) is 0.219. The summed E-state index contributed by atoms with van der Waals surface area (Å²) in [5.41, 5.74) is 9.71. The maximum absolute atomic E-state index is 11.5. The first-order valence-electron chi connectivity index (χ1n) is 10.9. The number of nitrogens with zero attached hydrogens (tertiary/aromatic N) is 4. The lowest BCUT2D eigenvalue weighted by Gasteiger charge is -2.24. The Balaban J connectivity index is 1.43.